The molecule has 1 aromatic carbocycles. The van der Waals surface area contributed by atoms with Gasteiger partial charge in [0.15, 0.2) is 0 Å². The number of carbonyl (C=O) groups excluding carboxylic acids is 2. The van der Waals surface area contributed by atoms with Crippen LogP contribution < -0.4 is 5.32 Å². The fourth-order valence-electron chi connectivity index (χ4n) is 3.59. The highest BCUT2D eigenvalue weighted by molar-refractivity contribution is 5.95. The summed E-state index contributed by atoms with van der Waals surface area (Å²) in [4.78, 5) is 28.5. The van der Waals surface area contributed by atoms with Gasteiger partial charge in [-0.1, -0.05) is 6.42 Å². The Morgan fingerprint density at radius 3 is 2.50 bits per heavy atom. The van der Waals surface area contributed by atoms with Crippen molar-refractivity contribution in [1.82, 2.24) is 19.6 Å². The van der Waals surface area contributed by atoms with E-state index in [4.69, 9.17) is 0 Å². The number of likely N-dealkylation sites (N-methyl/N-ethyl adjacent to an activating group) is 1. The molecule has 1 atom stereocenters. The van der Waals surface area contributed by atoms with Gasteiger partial charge in [-0.3, -0.25) is 14.5 Å². The highest BCUT2D eigenvalue weighted by Gasteiger charge is 2.30. The van der Waals surface area contributed by atoms with Gasteiger partial charge in [0.25, 0.3) is 0 Å². The van der Waals surface area contributed by atoms with Gasteiger partial charge in [0.05, 0.1) is 24.0 Å². The Labute approximate surface area is 166 Å². The number of aromatic nitrogens is 2. The van der Waals surface area contributed by atoms with E-state index >= 15 is 0 Å². The molecule has 7 heteroatoms. The molecule has 1 N–H and O–H groups in total. The third-order valence-electron chi connectivity index (χ3n) is 5.14. The van der Waals surface area contributed by atoms with E-state index in [1.807, 2.05) is 53.8 Å². The Morgan fingerprint density at radius 2 is 1.89 bits per heavy atom. The SMILES string of the molecule is Cc1cc(C)n(-c2ccc(NC(=O)C3CCCCN3CC(=O)N(C)C)cc2)n1. The smallest absolute Gasteiger partial charge is 0.241 e. The van der Waals surface area contributed by atoms with E-state index in [0.29, 0.717) is 0 Å². The quantitative estimate of drug-likeness (QED) is 0.861. The van der Waals surface area contributed by atoms with Crippen molar-refractivity contribution in [2.24, 2.45) is 0 Å². The number of carbonyl (C=O) groups is 2. The number of hydrogen-bond donors (Lipinski definition) is 1. The minimum Gasteiger partial charge on any atom is -0.348 e. The molecule has 0 aliphatic carbocycles. The van der Waals surface area contributed by atoms with Crippen LogP contribution in [0.4, 0.5) is 5.69 Å². The Bertz CT molecular complexity index is 841. The van der Waals surface area contributed by atoms with E-state index in [-0.39, 0.29) is 24.4 Å². The molecule has 150 valence electrons. The number of benzene rings is 1. The average molecular weight is 383 g/mol. The highest BCUT2D eigenvalue weighted by atomic mass is 16.2. The van der Waals surface area contributed by atoms with Crippen molar-refractivity contribution in [3.63, 3.8) is 0 Å². The number of nitrogens with one attached hydrogen (secondary N) is 1. The third-order valence-corrected chi connectivity index (χ3v) is 5.14. The van der Waals surface area contributed by atoms with Crippen LogP contribution >= 0.6 is 0 Å². The Hall–Kier alpha value is -2.67. The number of anilines is 1. The largest absolute Gasteiger partial charge is 0.348 e. The van der Waals surface area contributed by atoms with Crippen molar-refractivity contribution >= 4 is 17.5 Å². The summed E-state index contributed by atoms with van der Waals surface area (Å²) in [5.41, 5.74) is 3.75. The highest BCUT2D eigenvalue weighted by Crippen LogP contribution is 2.20. The Morgan fingerprint density at radius 1 is 1.18 bits per heavy atom. The first-order chi connectivity index (χ1) is 13.3. The Balaban J connectivity index is 1.67. The molecule has 0 saturated carbocycles. The molecule has 1 unspecified atom stereocenters. The maximum Gasteiger partial charge on any atom is 0.241 e. The van der Waals surface area contributed by atoms with E-state index in [9.17, 15) is 9.59 Å². The van der Waals surface area contributed by atoms with Crippen molar-refractivity contribution in [3.05, 3.63) is 41.7 Å². The van der Waals surface area contributed by atoms with Gasteiger partial charge < -0.3 is 10.2 Å². The molecule has 7 nitrogen and oxygen atoms in total. The van der Waals surface area contributed by atoms with Crippen molar-refractivity contribution in [2.45, 2.75) is 39.2 Å². The van der Waals surface area contributed by atoms with Crippen LogP contribution in [0, 0.1) is 13.8 Å². The molecular formula is C21H29N5O2. The normalized spacial score (nSPS) is 17.4. The van der Waals surface area contributed by atoms with Crippen molar-refractivity contribution in [1.29, 1.82) is 0 Å². The van der Waals surface area contributed by atoms with Crippen LogP contribution in [0.3, 0.4) is 0 Å². The maximum absolute atomic E-state index is 12.8. The van der Waals surface area contributed by atoms with Gasteiger partial charge in [-0.2, -0.15) is 5.10 Å². The van der Waals surface area contributed by atoms with Crippen LogP contribution in [0.2, 0.25) is 0 Å². The lowest BCUT2D eigenvalue weighted by Crippen LogP contribution is -2.50. The van der Waals surface area contributed by atoms with Gasteiger partial charge in [0.1, 0.15) is 0 Å². The lowest BCUT2D eigenvalue weighted by Gasteiger charge is -2.34. The van der Waals surface area contributed by atoms with Crippen molar-refractivity contribution in [2.75, 3.05) is 32.5 Å². The predicted octanol–water partition coefficient (Wildman–Crippen LogP) is 2.37. The number of hydrogen-bond acceptors (Lipinski definition) is 4. The molecule has 1 aliphatic rings. The summed E-state index contributed by atoms with van der Waals surface area (Å²) in [7, 11) is 3.48. The zero-order valence-corrected chi connectivity index (χ0v) is 17.1. The predicted molar refractivity (Wildman–Crippen MR) is 110 cm³/mol. The summed E-state index contributed by atoms with van der Waals surface area (Å²) in [6.07, 6.45) is 2.79. The molecule has 2 heterocycles. The summed E-state index contributed by atoms with van der Waals surface area (Å²) in [5.74, 6) is -0.0286. The van der Waals surface area contributed by atoms with E-state index in [0.717, 1.165) is 48.6 Å². The summed E-state index contributed by atoms with van der Waals surface area (Å²) in [6.45, 7) is 5.04. The van der Waals surface area contributed by atoms with Crippen LogP contribution in [0.1, 0.15) is 30.7 Å². The van der Waals surface area contributed by atoms with Gasteiger partial charge in [0, 0.05) is 25.5 Å². The third kappa shape index (κ3) is 4.59. The van der Waals surface area contributed by atoms with Crippen LogP contribution in [0.15, 0.2) is 30.3 Å². The fraction of sp³-hybridized carbons (Fsp3) is 0.476. The van der Waals surface area contributed by atoms with Gasteiger partial charge in [-0.05, 0) is 63.6 Å². The van der Waals surface area contributed by atoms with Gasteiger partial charge in [-0.25, -0.2) is 4.68 Å². The lowest BCUT2D eigenvalue weighted by atomic mass is 10.0. The number of likely N-dealkylation sites (tertiary alicyclic amines) is 1. The summed E-state index contributed by atoms with van der Waals surface area (Å²) in [5, 5.41) is 7.49. The number of amides is 2. The maximum atomic E-state index is 12.8. The molecule has 2 amide bonds. The van der Waals surface area contributed by atoms with E-state index < -0.39 is 0 Å². The monoisotopic (exact) mass is 383 g/mol. The molecule has 3 rings (SSSR count). The first-order valence-electron chi connectivity index (χ1n) is 9.74. The van der Waals surface area contributed by atoms with E-state index in [1.54, 1.807) is 19.0 Å². The molecule has 2 aromatic rings. The topological polar surface area (TPSA) is 70.5 Å². The lowest BCUT2D eigenvalue weighted by molar-refractivity contribution is -0.132. The molecule has 0 spiro atoms. The first-order valence-corrected chi connectivity index (χ1v) is 9.74. The zero-order chi connectivity index (χ0) is 20.3. The standard InChI is InChI=1S/C21H29N5O2/c1-15-13-16(2)26(23-15)18-10-8-17(9-11-18)22-21(28)19-7-5-6-12-25(19)14-20(27)24(3)4/h8-11,13,19H,5-7,12,14H2,1-4H3,(H,22,28). The number of piperidine rings is 1. The second kappa shape index (κ2) is 8.56. The second-order valence-electron chi connectivity index (χ2n) is 7.65. The summed E-state index contributed by atoms with van der Waals surface area (Å²) < 4.78 is 1.89. The second-order valence-corrected chi connectivity index (χ2v) is 7.65. The zero-order valence-electron chi connectivity index (χ0n) is 17.1. The van der Waals surface area contributed by atoms with Crippen LogP contribution in [0.5, 0.6) is 0 Å². The fourth-order valence-corrected chi connectivity index (χ4v) is 3.59. The van der Waals surface area contributed by atoms with E-state index in [2.05, 4.69) is 10.4 Å². The van der Waals surface area contributed by atoms with Crippen LogP contribution in [0.25, 0.3) is 5.69 Å². The minimum absolute atomic E-state index is 0.0222. The van der Waals surface area contributed by atoms with Gasteiger partial charge >= 0.3 is 0 Å². The number of rotatable bonds is 5. The van der Waals surface area contributed by atoms with Crippen molar-refractivity contribution in [3.8, 4) is 5.69 Å². The number of nitrogens with zero attached hydrogens (tertiary/aromatic N) is 4. The van der Waals surface area contributed by atoms with Gasteiger partial charge in [0.2, 0.25) is 11.8 Å². The molecular weight excluding hydrogens is 354 g/mol. The first kappa shape index (κ1) is 20.1. The minimum atomic E-state index is -0.270. The summed E-state index contributed by atoms with van der Waals surface area (Å²) in [6, 6.07) is 9.44. The van der Waals surface area contributed by atoms with Crippen LogP contribution in [-0.4, -0.2) is 64.6 Å². The molecule has 1 aromatic heterocycles. The van der Waals surface area contributed by atoms with E-state index in [1.165, 1.54) is 0 Å². The average Bonchev–Trinajstić information content (AvgIpc) is 3.00. The molecule has 0 bridgehead atoms. The molecule has 1 saturated heterocycles. The number of aryl methyl sites for hydroxylation is 2. The molecule has 28 heavy (non-hydrogen) atoms. The molecule has 1 fully saturated rings. The molecule has 0 radical (unpaired) electrons. The van der Waals surface area contributed by atoms with Gasteiger partial charge in [-0.15, -0.1) is 0 Å². The molecule has 1 aliphatic heterocycles. The van der Waals surface area contributed by atoms with Crippen molar-refractivity contribution < 1.29 is 9.59 Å². The van der Waals surface area contributed by atoms with Crippen LogP contribution in [-0.2, 0) is 9.59 Å². The summed E-state index contributed by atoms with van der Waals surface area (Å²) >= 11 is 0. The Kier molecular flexibility index (Phi) is 6.14.